The van der Waals surface area contributed by atoms with Crippen LogP contribution >= 0.6 is 0 Å². The zero-order valence-electron chi connectivity index (χ0n) is 15.2. The van der Waals surface area contributed by atoms with E-state index < -0.39 is 5.97 Å². The van der Waals surface area contributed by atoms with Crippen LogP contribution in [0.15, 0.2) is 67.0 Å². The molecule has 7 nitrogen and oxygen atoms in total. The first kappa shape index (κ1) is 17.5. The van der Waals surface area contributed by atoms with Gasteiger partial charge in [0.15, 0.2) is 11.3 Å². The number of nitrogens with two attached hydrogens (primary N) is 1. The summed E-state index contributed by atoms with van der Waals surface area (Å²) in [4.78, 5) is 21.3. The molecule has 140 valence electrons. The molecule has 3 heterocycles. The summed E-state index contributed by atoms with van der Waals surface area (Å²) in [6.45, 7) is 2.03. The minimum atomic E-state index is -0.454. The summed E-state index contributed by atoms with van der Waals surface area (Å²) in [7, 11) is 0. The Bertz CT molecular complexity index is 1120. The Morgan fingerprint density at radius 2 is 1.93 bits per heavy atom. The first-order valence-corrected chi connectivity index (χ1v) is 8.80. The van der Waals surface area contributed by atoms with Gasteiger partial charge in [0.1, 0.15) is 11.4 Å². The van der Waals surface area contributed by atoms with Gasteiger partial charge < -0.3 is 15.2 Å². The topological polar surface area (TPSA) is 91.7 Å². The number of esters is 1. The van der Waals surface area contributed by atoms with Crippen LogP contribution in [-0.4, -0.2) is 26.9 Å². The zero-order chi connectivity index (χ0) is 19.5. The average Bonchev–Trinajstić information content (AvgIpc) is 3.11. The Kier molecular flexibility index (Phi) is 4.63. The molecule has 2 N–H and O–H groups in total. The number of nitrogens with zero attached hydrogens (tertiary/aromatic N) is 3. The van der Waals surface area contributed by atoms with Crippen LogP contribution in [0.5, 0.6) is 11.6 Å². The van der Waals surface area contributed by atoms with Gasteiger partial charge in [-0.1, -0.05) is 6.07 Å². The predicted molar refractivity (Wildman–Crippen MR) is 105 cm³/mol. The van der Waals surface area contributed by atoms with Crippen LogP contribution in [-0.2, 0) is 4.74 Å². The summed E-state index contributed by atoms with van der Waals surface area (Å²) in [6, 6.07) is 16.2. The molecule has 0 amide bonds. The van der Waals surface area contributed by atoms with Gasteiger partial charge in [-0.05, 0) is 49.4 Å². The maximum Gasteiger partial charge on any atom is 0.357 e. The van der Waals surface area contributed by atoms with Crippen molar-refractivity contribution in [1.29, 1.82) is 0 Å². The largest absolute Gasteiger partial charge is 0.461 e. The number of nitrogen functional groups attached to an aromatic ring is 1. The zero-order valence-corrected chi connectivity index (χ0v) is 15.2. The minimum absolute atomic E-state index is 0.269. The number of imidazole rings is 1. The number of anilines is 1. The summed E-state index contributed by atoms with van der Waals surface area (Å²) in [5, 5.41) is 0. The fourth-order valence-electron chi connectivity index (χ4n) is 2.89. The quantitative estimate of drug-likeness (QED) is 0.532. The molecule has 4 aromatic rings. The monoisotopic (exact) mass is 374 g/mol. The van der Waals surface area contributed by atoms with E-state index in [1.165, 1.54) is 0 Å². The molecule has 3 aromatic heterocycles. The van der Waals surface area contributed by atoms with E-state index >= 15 is 0 Å². The molecule has 0 saturated carbocycles. The second-order valence-electron chi connectivity index (χ2n) is 5.98. The number of pyridine rings is 2. The maximum absolute atomic E-state index is 12.6. The number of carbonyl (C=O) groups is 1. The lowest BCUT2D eigenvalue weighted by molar-refractivity contribution is 0.0519. The van der Waals surface area contributed by atoms with Crippen molar-refractivity contribution in [1.82, 2.24) is 14.4 Å². The molecule has 0 unspecified atom stereocenters. The minimum Gasteiger partial charge on any atom is -0.461 e. The lowest BCUT2D eigenvalue weighted by atomic mass is 10.1. The van der Waals surface area contributed by atoms with E-state index in [4.69, 9.17) is 15.2 Å². The van der Waals surface area contributed by atoms with E-state index in [-0.39, 0.29) is 6.61 Å². The summed E-state index contributed by atoms with van der Waals surface area (Å²) in [6.07, 6.45) is 3.41. The number of ether oxygens (including phenoxy) is 2. The van der Waals surface area contributed by atoms with Crippen LogP contribution in [0.1, 0.15) is 17.4 Å². The molecule has 0 fully saturated rings. The third-order valence-electron chi connectivity index (χ3n) is 4.14. The lowest BCUT2D eigenvalue weighted by Gasteiger charge is -2.07. The average molecular weight is 374 g/mol. The SMILES string of the molecule is CCOC(=O)c1c(-c2ccc(Oc3ccccn3)cc2)nc2c(N)cccn12. The van der Waals surface area contributed by atoms with E-state index in [9.17, 15) is 4.79 Å². The number of benzene rings is 1. The van der Waals surface area contributed by atoms with Gasteiger partial charge in [-0.3, -0.25) is 4.40 Å². The normalized spacial score (nSPS) is 10.8. The molecular weight excluding hydrogens is 356 g/mol. The van der Waals surface area contributed by atoms with Crippen LogP contribution in [0.25, 0.3) is 16.9 Å². The summed E-state index contributed by atoms with van der Waals surface area (Å²) < 4.78 is 12.6. The van der Waals surface area contributed by atoms with Gasteiger partial charge in [0, 0.05) is 24.0 Å². The number of hydrogen-bond acceptors (Lipinski definition) is 6. The van der Waals surface area contributed by atoms with Crippen molar-refractivity contribution < 1.29 is 14.3 Å². The standard InChI is InChI=1S/C21H18N4O3/c1-2-27-21(26)19-18(24-20-16(22)6-5-13-25(19)20)14-8-10-15(11-9-14)28-17-7-3-4-12-23-17/h3-13H,2,22H2,1H3. The Morgan fingerprint density at radius 3 is 2.64 bits per heavy atom. The molecule has 0 atom stereocenters. The number of hydrogen-bond donors (Lipinski definition) is 1. The summed E-state index contributed by atoms with van der Waals surface area (Å²) >= 11 is 0. The molecule has 0 radical (unpaired) electrons. The van der Waals surface area contributed by atoms with Crippen molar-refractivity contribution in [3.05, 3.63) is 72.7 Å². The number of aromatic nitrogens is 3. The molecule has 1 aromatic carbocycles. The molecule has 4 rings (SSSR count). The molecule has 0 aliphatic heterocycles. The fourth-order valence-corrected chi connectivity index (χ4v) is 2.89. The van der Waals surface area contributed by atoms with Crippen molar-refractivity contribution in [2.75, 3.05) is 12.3 Å². The highest BCUT2D eigenvalue weighted by Gasteiger charge is 2.22. The van der Waals surface area contributed by atoms with Crippen LogP contribution in [0.4, 0.5) is 5.69 Å². The van der Waals surface area contributed by atoms with Crippen molar-refractivity contribution in [2.45, 2.75) is 6.92 Å². The van der Waals surface area contributed by atoms with Crippen molar-refractivity contribution >= 4 is 17.3 Å². The van der Waals surface area contributed by atoms with Crippen LogP contribution in [0.2, 0.25) is 0 Å². The highest BCUT2D eigenvalue weighted by molar-refractivity contribution is 5.97. The molecule has 0 aliphatic rings. The first-order chi connectivity index (χ1) is 13.7. The number of rotatable bonds is 5. The van der Waals surface area contributed by atoms with Crippen LogP contribution < -0.4 is 10.5 Å². The summed E-state index contributed by atoms with van der Waals surface area (Å²) in [5.74, 6) is 0.677. The van der Waals surface area contributed by atoms with Crippen molar-refractivity contribution in [2.24, 2.45) is 0 Å². The van der Waals surface area contributed by atoms with Crippen molar-refractivity contribution in [3.8, 4) is 22.9 Å². The number of carbonyl (C=O) groups excluding carboxylic acids is 1. The highest BCUT2D eigenvalue weighted by atomic mass is 16.5. The van der Waals surface area contributed by atoms with E-state index in [1.807, 2.05) is 24.3 Å². The molecule has 7 heteroatoms. The fraction of sp³-hybridized carbons (Fsp3) is 0.0952. The van der Waals surface area contributed by atoms with Gasteiger partial charge in [0.05, 0.1) is 12.3 Å². The third-order valence-corrected chi connectivity index (χ3v) is 4.14. The molecule has 0 saturated heterocycles. The lowest BCUT2D eigenvalue weighted by Crippen LogP contribution is -2.09. The molecular formula is C21H18N4O3. The Balaban J connectivity index is 1.75. The van der Waals surface area contributed by atoms with Gasteiger partial charge in [-0.2, -0.15) is 0 Å². The van der Waals surface area contributed by atoms with Crippen molar-refractivity contribution in [3.63, 3.8) is 0 Å². The highest BCUT2D eigenvalue weighted by Crippen LogP contribution is 2.29. The Hall–Kier alpha value is -3.87. The smallest absolute Gasteiger partial charge is 0.357 e. The van der Waals surface area contributed by atoms with Crippen LogP contribution in [0, 0.1) is 0 Å². The Morgan fingerprint density at radius 1 is 1.11 bits per heavy atom. The van der Waals surface area contributed by atoms with Gasteiger partial charge in [0.25, 0.3) is 0 Å². The molecule has 0 bridgehead atoms. The van der Waals surface area contributed by atoms with Crippen LogP contribution in [0.3, 0.4) is 0 Å². The van der Waals surface area contributed by atoms with Gasteiger partial charge in [0.2, 0.25) is 5.88 Å². The number of fused-ring (bicyclic) bond motifs is 1. The second-order valence-corrected chi connectivity index (χ2v) is 5.98. The van der Waals surface area contributed by atoms with Gasteiger partial charge in [-0.15, -0.1) is 0 Å². The van der Waals surface area contributed by atoms with Gasteiger partial charge in [-0.25, -0.2) is 14.8 Å². The molecule has 28 heavy (non-hydrogen) atoms. The predicted octanol–water partition coefficient (Wildman–Crippen LogP) is 3.95. The molecule has 0 spiro atoms. The second kappa shape index (κ2) is 7.40. The van der Waals surface area contributed by atoms with Gasteiger partial charge >= 0.3 is 5.97 Å². The third kappa shape index (κ3) is 3.25. The van der Waals surface area contributed by atoms with E-state index in [0.29, 0.717) is 34.4 Å². The van der Waals surface area contributed by atoms with E-state index in [0.717, 1.165) is 5.56 Å². The Labute approximate surface area is 161 Å². The van der Waals surface area contributed by atoms with E-state index in [2.05, 4.69) is 9.97 Å². The first-order valence-electron chi connectivity index (χ1n) is 8.80. The molecule has 0 aliphatic carbocycles. The summed E-state index contributed by atoms with van der Waals surface area (Å²) in [5.41, 5.74) is 8.61. The van der Waals surface area contributed by atoms with E-state index in [1.54, 1.807) is 54.0 Å². The maximum atomic E-state index is 12.6.